The van der Waals surface area contributed by atoms with Crippen LogP contribution in [0.15, 0.2) is 12.1 Å². The van der Waals surface area contributed by atoms with E-state index in [0.717, 1.165) is 0 Å². The van der Waals surface area contributed by atoms with E-state index >= 15 is 0 Å². The van der Waals surface area contributed by atoms with Gasteiger partial charge in [0.15, 0.2) is 11.5 Å². The first-order valence-electron chi connectivity index (χ1n) is 5.53. The Hall–Kier alpha value is -2.11. The van der Waals surface area contributed by atoms with Crippen LogP contribution in [0.4, 0.5) is 11.4 Å². The molecule has 0 amide bonds. The van der Waals surface area contributed by atoms with E-state index in [4.69, 9.17) is 19.9 Å². The minimum absolute atomic E-state index is 0.0491. The van der Waals surface area contributed by atoms with Gasteiger partial charge in [-0.3, -0.25) is 4.79 Å². The molecule has 0 aromatic heterocycles. The van der Waals surface area contributed by atoms with Crippen molar-refractivity contribution in [1.82, 2.24) is 0 Å². The number of ether oxygens (including phenoxy) is 3. The minimum Gasteiger partial charge on any atom is -0.493 e. The molecule has 0 aliphatic rings. The van der Waals surface area contributed by atoms with E-state index in [2.05, 4.69) is 5.32 Å². The van der Waals surface area contributed by atoms with Crippen molar-refractivity contribution in [1.29, 1.82) is 0 Å². The maximum Gasteiger partial charge on any atom is 0.325 e. The first-order valence-corrected chi connectivity index (χ1v) is 5.53. The number of hydrogen-bond acceptors (Lipinski definition) is 6. The molecule has 1 rings (SSSR count). The molecule has 0 aliphatic heterocycles. The molecule has 0 aliphatic carbocycles. The standard InChI is InChI=1S/C12H18N2O4/c1-4-18-12(15)7-14-9-6-11(17-3)10(16-2)5-8(9)13/h5-6,14H,4,7,13H2,1-3H3. The lowest BCUT2D eigenvalue weighted by atomic mass is 10.2. The molecule has 6 nitrogen and oxygen atoms in total. The number of nitrogen functional groups attached to an aromatic ring is 1. The second-order valence-corrected chi connectivity index (χ2v) is 3.45. The Morgan fingerprint density at radius 3 is 2.44 bits per heavy atom. The molecule has 0 unspecified atom stereocenters. The quantitative estimate of drug-likeness (QED) is 0.587. The molecule has 100 valence electrons. The van der Waals surface area contributed by atoms with Crippen molar-refractivity contribution in [3.05, 3.63) is 12.1 Å². The normalized spacial score (nSPS) is 9.72. The van der Waals surface area contributed by atoms with Crippen molar-refractivity contribution in [2.45, 2.75) is 6.92 Å². The molecular weight excluding hydrogens is 236 g/mol. The molecule has 0 saturated heterocycles. The number of carbonyl (C=O) groups excluding carboxylic acids is 1. The van der Waals surface area contributed by atoms with E-state index in [1.807, 2.05) is 0 Å². The highest BCUT2D eigenvalue weighted by molar-refractivity contribution is 5.79. The molecule has 0 fully saturated rings. The van der Waals surface area contributed by atoms with Crippen LogP contribution < -0.4 is 20.5 Å². The zero-order chi connectivity index (χ0) is 13.5. The zero-order valence-electron chi connectivity index (χ0n) is 10.8. The lowest BCUT2D eigenvalue weighted by Crippen LogP contribution is -2.17. The molecule has 0 saturated carbocycles. The summed E-state index contributed by atoms with van der Waals surface area (Å²) in [5, 5.41) is 2.89. The number of rotatable bonds is 6. The Morgan fingerprint density at radius 1 is 1.28 bits per heavy atom. The number of anilines is 2. The van der Waals surface area contributed by atoms with Crippen molar-refractivity contribution in [2.24, 2.45) is 0 Å². The van der Waals surface area contributed by atoms with Crippen molar-refractivity contribution in [3.8, 4) is 11.5 Å². The molecule has 0 atom stereocenters. The Balaban J connectivity index is 2.79. The fourth-order valence-corrected chi connectivity index (χ4v) is 1.43. The van der Waals surface area contributed by atoms with Crippen LogP contribution in [0.3, 0.4) is 0 Å². The smallest absolute Gasteiger partial charge is 0.325 e. The van der Waals surface area contributed by atoms with Crippen LogP contribution in [0.25, 0.3) is 0 Å². The largest absolute Gasteiger partial charge is 0.493 e. The third-order valence-electron chi connectivity index (χ3n) is 2.28. The fraction of sp³-hybridized carbons (Fsp3) is 0.417. The number of carbonyl (C=O) groups is 1. The summed E-state index contributed by atoms with van der Waals surface area (Å²) in [4.78, 5) is 11.2. The van der Waals surface area contributed by atoms with E-state index in [0.29, 0.717) is 29.5 Å². The SMILES string of the molecule is CCOC(=O)CNc1cc(OC)c(OC)cc1N. The average Bonchev–Trinajstić information content (AvgIpc) is 2.37. The maximum atomic E-state index is 11.2. The number of nitrogens with two attached hydrogens (primary N) is 1. The topological polar surface area (TPSA) is 82.8 Å². The first-order chi connectivity index (χ1) is 8.62. The Kier molecular flexibility index (Phi) is 5.10. The van der Waals surface area contributed by atoms with Crippen LogP contribution in [0.2, 0.25) is 0 Å². The van der Waals surface area contributed by atoms with E-state index in [1.165, 1.54) is 14.2 Å². The van der Waals surface area contributed by atoms with Gasteiger partial charge in [0.2, 0.25) is 0 Å². The molecule has 0 heterocycles. The van der Waals surface area contributed by atoms with Crippen molar-refractivity contribution < 1.29 is 19.0 Å². The highest BCUT2D eigenvalue weighted by Gasteiger charge is 2.10. The highest BCUT2D eigenvalue weighted by Crippen LogP contribution is 2.34. The third-order valence-corrected chi connectivity index (χ3v) is 2.28. The monoisotopic (exact) mass is 254 g/mol. The molecule has 18 heavy (non-hydrogen) atoms. The number of methoxy groups -OCH3 is 2. The summed E-state index contributed by atoms with van der Waals surface area (Å²) in [6, 6.07) is 3.31. The van der Waals surface area contributed by atoms with Gasteiger partial charge in [-0.1, -0.05) is 0 Å². The van der Waals surface area contributed by atoms with Crippen LogP contribution >= 0.6 is 0 Å². The van der Waals surface area contributed by atoms with Gasteiger partial charge < -0.3 is 25.3 Å². The summed E-state index contributed by atoms with van der Waals surface area (Å²) in [5.41, 5.74) is 6.90. The van der Waals surface area contributed by atoms with Crippen molar-refractivity contribution in [3.63, 3.8) is 0 Å². The maximum absolute atomic E-state index is 11.2. The Morgan fingerprint density at radius 2 is 1.89 bits per heavy atom. The lowest BCUT2D eigenvalue weighted by molar-refractivity contribution is -0.140. The lowest BCUT2D eigenvalue weighted by Gasteiger charge is -2.13. The van der Waals surface area contributed by atoms with Crippen LogP contribution in [-0.2, 0) is 9.53 Å². The second-order valence-electron chi connectivity index (χ2n) is 3.45. The summed E-state index contributed by atoms with van der Waals surface area (Å²) in [6.45, 7) is 2.15. The van der Waals surface area contributed by atoms with Gasteiger partial charge in [-0.25, -0.2) is 0 Å². The number of nitrogens with one attached hydrogen (secondary N) is 1. The summed E-state index contributed by atoms with van der Waals surface area (Å²) >= 11 is 0. The minimum atomic E-state index is -0.341. The highest BCUT2D eigenvalue weighted by atomic mass is 16.5. The summed E-state index contributed by atoms with van der Waals surface area (Å²) in [5.74, 6) is 0.737. The molecule has 0 bridgehead atoms. The van der Waals surface area contributed by atoms with Gasteiger partial charge in [0, 0.05) is 12.1 Å². The summed E-state index contributed by atoms with van der Waals surface area (Å²) in [6.07, 6.45) is 0. The van der Waals surface area contributed by atoms with E-state index in [9.17, 15) is 4.79 Å². The van der Waals surface area contributed by atoms with Gasteiger partial charge >= 0.3 is 5.97 Å². The van der Waals surface area contributed by atoms with Gasteiger partial charge in [-0.2, -0.15) is 0 Å². The fourth-order valence-electron chi connectivity index (χ4n) is 1.43. The van der Waals surface area contributed by atoms with E-state index in [-0.39, 0.29) is 12.5 Å². The van der Waals surface area contributed by atoms with Gasteiger partial charge in [0.1, 0.15) is 6.54 Å². The molecule has 1 aromatic carbocycles. The molecule has 6 heteroatoms. The third kappa shape index (κ3) is 3.44. The molecule has 1 aromatic rings. The molecule has 3 N–H and O–H groups in total. The van der Waals surface area contributed by atoms with E-state index in [1.54, 1.807) is 19.1 Å². The van der Waals surface area contributed by atoms with Gasteiger partial charge in [0.05, 0.1) is 32.2 Å². The molecular formula is C12H18N2O4. The van der Waals surface area contributed by atoms with Gasteiger partial charge in [0.25, 0.3) is 0 Å². The second kappa shape index (κ2) is 6.58. The van der Waals surface area contributed by atoms with Crippen molar-refractivity contribution in [2.75, 3.05) is 38.4 Å². The predicted octanol–water partition coefficient (Wildman–Crippen LogP) is 1.26. The van der Waals surface area contributed by atoms with Gasteiger partial charge in [-0.05, 0) is 6.92 Å². The van der Waals surface area contributed by atoms with Crippen molar-refractivity contribution >= 4 is 17.3 Å². The van der Waals surface area contributed by atoms with E-state index < -0.39 is 0 Å². The van der Waals surface area contributed by atoms with Crippen LogP contribution in [0.1, 0.15) is 6.92 Å². The summed E-state index contributed by atoms with van der Waals surface area (Å²) < 4.78 is 15.1. The Labute approximate surface area is 106 Å². The number of esters is 1. The van der Waals surface area contributed by atoms with Crippen LogP contribution in [-0.4, -0.2) is 33.3 Å². The Bertz CT molecular complexity index is 421. The zero-order valence-corrected chi connectivity index (χ0v) is 10.8. The first kappa shape index (κ1) is 14.0. The van der Waals surface area contributed by atoms with Crippen LogP contribution in [0, 0.1) is 0 Å². The van der Waals surface area contributed by atoms with Crippen LogP contribution in [0.5, 0.6) is 11.5 Å². The molecule has 0 radical (unpaired) electrons. The summed E-state index contributed by atoms with van der Waals surface area (Å²) in [7, 11) is 3.06. The van der Waals surface area contributed by atoms with Gasteiger partial charge in [-0.15, -0.1) is 0 Å². The predicted molar refractivity (Wildman–Crippen MR) is 69.1 cm³/mol. The average molecular weight is 254 g/mol. The number of benzene rings is 1. The molecule has 0 spiro atoms. The number of hydrogen-bond donors (Lipinski definition) is 2.